The van der Waals surface area contributed by atoms with Crippen molar-refractivity contribution in [3.8, 4) is 0 Å². The Morgan fingerprint density at radius 2 is 1.91 bits per heavy atom. The molecule has 0 radical (unpaired) electrons. The number of carboxylic acid groups (broad SMARTS) is 1. The molecule has 0 bridgehead atoms. The van der Waals surface area contributed by atoms with Gasteiger partial charge in [0, 0.05) is 18.0 Å². The summed E-state index contributed by atoms with van der Waals surface area (Å²) >= 11 is 6.43. The molecule has 2 aromatic carbocycles. The Morgan fingerprint density at radius 3 is 2.59 bits per heavy atom. The number of halogens is 1. The van der Waals surface area contributed by atoms with Crippen LogP contribution >= 0.6 is 11.6 Å². The predicted molar refractivity (Wildman–Crippen MR) is 120 cm³/mol. The maximum absolute atomic E-state index is 13.9. The molecule has 3 aliphatic rings. The van der Waals surface area contributed by atoms with Crippen LogP contribution in [0, 0.1) is 18.8 Å². The zero-order valence-electron chi connectivity index (χ0n) is 18.7. The topological polar surface area (TPSA) is 123 Å². The molecule has 5 rings (SSSR count). The molecule has 3 heterocycles. The van der Waals surface area contributed by atoms with Gasteiger partial charge in [-0.1, -0.05) is 41.9 Å². The van der Waals surface area contributed by atoms with Crippen LogP contribution in [-0.4, -0.2) is 34.6 Å². The van der Waals surface area contributed by atoms with E-state index in [2.05, 4.69) is 5.32 Å². The lowest BCUT2D eigenvalue weighted by Crippen LogP contribution is -2.99. The van der Waals surface area contributed by atoms with E-state index in [0.29, 0.717) is 16.3 Å². The van der Waals surface area contributed by atoms with Crippen molar-refractivity contribution >= 4 is 41.0 Å². The van der Waals surface area contributed by atoms with Crippen LogP contribution in [0.25, 0.3) is 0 Å². The Labute approximate surface area is 201 Å². The number of anilines is 1. The van der Waals surface area contributed by atoms with E-state index in [0.717, 1.165) is 11.1 Å². The van der Waals surface area contributed by atoms with Crippen LogP contribution in [-0.2, 0) is 24.7 Å². The largest absolute Gasteiger partial charge is 0.550 e. The molecule has 0 unspecified atom stereocenters. The summed E-state index contributed by atoms with van der Waals surface area (Å²) in [5.41, 5.74) is 1.20. The molecule has 9 heteroatoms. The number of quaternary nitrogens is 1. The number of hydrogen-bond donors (Lipinski definition) is 2. The van der Waals surface area contributed by atoms with E-state index in [1.165, 1.54) is 4.90 Å². The van der Waals surface area contributed by atoms with Gasteiger partial charge in [-0.3, -0.25) is 19.3 Å². The highest BCUT2D eigenvalue weighted by Crippen LogP contribution is 2.52. The van der Waals surface area contributed by atoms with E-state index in [1.54, 1.807) is 18.3 Å². The number of fused-ring (bicyclic) bond motifs is 4. The van der Waals surface area contributed by atoms with Gasteiger partial charge in [-0.15, -0.1) is 0 Å². The second-order valence-electron chi connectivity index (χ2n) is 9.37. The summed E-state index contributed by atoms with van der Waals surface area (Å²) in [6.45, 7) is 3.62. The monoisotopic (exact) mass is 481 g/mol. The number of hydrogen-bond acceptors (Lipinski definition) is 5. The SMILES string of the molecule is Cc1cc(Cl)c2c(c1)[C@@]1([NH2+][C@H](CCC(=O)[O-])[C@H]3C(=O)N([C@H](C)c4ccccc4)C(=O)[C@H]31)C(=O)N2. The molecule has 2 fully saturated rings. The second kappa shape index (κ2) is 7.92. The molecule has 3 aliphatic heterocycles. The number of aryl methyl sites for hydroxylation is 1. The van der Waals surface area contributed by atoms with Gasteiger partial charge < -0.3 is 20.5 Å². The average molecular weight is 482 g/mol. The molecule has 2 aromatic rings. The summed E-state index contributed by atoms with van der Waals surface area (Å²) in [6, 6.07) is 11.6. The number of carbonyl (C=O) groups excluding carboxylic acids is 4. The number of nitrogens with zero attached hydrogens (tertiary/aromatic N) is 1. The van der Waals surface area contributed by atoms with Gasteiger partial charge >= 0.3 is 0 Å². The highest BCUT2D eigenvalue weighted by molar-refractivity contribution is 6.35. The van der Waals surface area contributed by atoms with Gasteiger partial charge in [0.05, 0.1) is 16.8 Å². The fourth-order valence-electron chi connectivity index (χ4n) is 5.99. The summed E-state index contributed by atoms with van der Waals surface area (Å²) in [4.78, 5) is 53.7. The molecule has 2 saturated heterocycles. The fourth-order valence-corrected chi connectivity index (χ4v) is 6.31. The highest BCUT2D eigenvalue weighted by atomic mass is 35.5. The maximum Gasteiger partial charge on any atom is 0.291 e. The molecule has 34 heavy (non-hydrogen) atoms. The van der Waals surface area contributed by atoms with Crippen molar-refractivity contribution < 1.29 is 29.6 Å². The molecule has 3 N–H and O–H groups in total. The van der Waals surface area contributed by atoms with Crippen molar-refractivity contribution in [1.29, 1.82) is 0 Å². The Balaban J connectivity index is 1.64. The summed E-state index contributed by atoms with van der Waals surface area (Å²) in [5, 5.41) is 16.1. The zero-order valence-corrected chi connectivity index (χ0v) is 19.5. The van der Waals surface area contributed by atoms with Crippen molar-refractivity contribution in [2.45, 2.75) is 44.3 Å². The summed E-state index contributed by atoms with van der Waals surface area (Å²) < 4.78 is 0. The molecule has 5 atom stereocenters. The van der Waals surface area contributed by atoms with E-state index in [4.69, 9.17) is 11.6 Å². The van der Waals surface area contributed by atoms with Crippen molar-refractivity contribution in [1.82, 2.24) is 4.90 Å². The molecular formula is C25H24ClN3O5. The minimum atomic E-state index is -1.40. The second-order valence-corrected chi connectivity index (χ2v) is 9.78. The third-order valence-electron chi connectivity index (χ3n) is 7.46. The van der Waals surface area contributed by atoms with E-state index < -0.39 is 47.2 Å². The first-order chi connectivity index (χ1) is 16.2. The van der Waals surface area contributed by atoms with Gasteiger partial charge in [0.15, 0.2) is 0 Å². The first-order valence-corrected chi connectivity index (χ1v) is 11.6. The number of imide groups is 1. The fraction of sp³-hybridized carbons (Fsp3) is 0.360. The molecule has 0 aliphatic carbocycles. The number of nitrogens with one attached hydrogen (secondary N) is 1. The van der Waals surface area contributed by atoms with E-state index >= 15 is 0 Å². The Hall–Kier alpha value is -3.23. The zero-order chi connectivity index (χ0) is 24.4. The van der Waals surface area contributed by atoms with Gasteiger partial charge in [0.25, 0.3) is 5.91 Å². The van der Waals surface area contributed by atoms with Crippen molar-refractivity contribution in [3.63, 3.8) is 0 Å². The first-order valence-electron chi connectivity index (χ1n) is 11.3. The Kier molecular flexibility index (Phi) is 5.26. The van der Waals surface area contributed by atoms with Crippen molar-refractivity contribution in [3.05, 3.63) is 64.2 Å². The van der Waals surface area contributed by atoms with Crippen LogP contribution in [0.15, 0.2) is 42.5 Å². The number of aliphatic carboxylic acids is 1. The smallest absolute Gasteiger partial charge is 0.291 e. The van der Waals surface area contributed by atoms with Gasteiger partial charge in [-0.2, -0.15) is 0 Å². The minimum Gasteiger partial charge on any atom is -0.550 e. The summed E-state index contributed by atoms with van der Waals surface area (Å²) in [5.74, 6) is -4.29. The van der Waals surface area contributed by atoms with Crippen LogP contribution in [0.4, 0.5) is 5.69 Å². The van der Waals surface area contributed by atoms with Gasteiger partial charge in [0.2, 0.25) is 17.4 Å². The van der Waals surface area contributed by atoms with E-state index in [9.17, 15) is 24.3 Å². The van der Waals surface area contributed by atoms with Crippen molar-refractivity contribution in [2.24, 2.45) is 11.8 Å². The average Bonchev–Trinajstić information content (AvgIpc) is 3.38. The first kappa shape index (κ1) is 22.6. The van der Waals surface area contributed by atoms with Gasteiger partial charge in [0.1, 0.15) is 17.9 Å². The third-order valence-corrected chi connectivity index (χ3v) is 7.76. The maximum atomic E-state index is 13.9. The van der Waals surface area contributed by atoms with Crippen LogP contribution in [0.1, 0.15) is 42.5 Å². The van der Waals surface area contributed by atoms with Crippen LogP contribution in [0.5, 0.6) is 0 Å². The van der Waals surface area contributed by atoms with Crippen LogP contribution < -0.4 is 15.7 Å². The summed E-state index contributed by atoms with van der Waals surface area (Å²) in [7, 11) is 0. The highest BCUT2D eigenvalue weighted by Gasteiger charge is 2.74. The number of nitrogens with two attached hydrogens (primary N) is 1. The predicted octanol–water partition coefficient (Wildman–Crippen LogP) is 0.634. The van der Waals surface area contributed by atoms with Gasteiger partial charge in [-0.05, 0) is 43.5 Å². The number of amides is 3. The number of likely N-dealkylation sites (tertiary alicyclic amines) is 1. The lowest BCUT2D eigenvalue weighted by Gasteiger charge is -2.29. The van der Waals surface area contributed by atoms with E-state index in [-0.39, 0.29) is 18.7 Å². The molecule has 3 amide bonds. The lowest BCUT2D eigenvalue weighted by molar-refractivity contribution is -0.734. The molecule has 0 aromatic heterocycles. The van der Waals surface area contributed by atoms with Crippen LogP contribution in [0.3, 0.4) is 0 Å². The standard InChI is InChI=1S/C25H24ClN3O5/c1-12-10-15-21(16(26)11-12)27-24(34)25(15)20-19(17(28-25)8-9-18(30)31)22(32)29(23(20)33)13(2)14-6-4-3-5-7-14/h3-7,10-11,13,17,19-20,28H,8-9H2,1-2H3,(H,27,34)(H,30,31)/t13-,17-,19-,20+,25+/m1/s1. The molecule has 176 valence electrons. The van der Waals surface area contributed by atoms with Crippen LogP contribution in [0.2, 0.25) is 5.02 Å². The molecular weight excluding hydrogens is 458 g/mol. The Bertz CT molecular complexity index is 1230. The number of benzene rings is 2. The lowest BCUT2D eigenvalue weighted by atomic mass is 9.76. The number of carboxylic acids is 1. The molecule has 0 saturated carbocycles. The number of rotatable bonds is 5. The number of carbonyl (C=O) groups is 4. The van der Waals surface area contributed by atoms with E-state index in [1.807, 2.05) is 43.3 Å². The van der Waals surface area contributed by atoms with Gasteiger partial charge in [-0.25, -0.2) is 0 Å². The van der Waals surface area contributed by atoms with Crippen molar-refractivity contribution in [2.75, 3.05) is 5.32 Å². The minimum absolute atomic E-state index is 0.0972. The normalized spacial score (nSPS) is 28.3. The molecule has 8 nitrogen and oxygen atoms in total. The quantitative estimate of drug-likeness (QED) is 0.606. The summed E-state index contributed by atoms with van der Waals surface area (Å²) in [6.07, 6.45) is -0.181. The third kappa shape index (κ3) is 3.09. The molecule has 1 spiro atoms. The Morgan fingerprint density at radius 1 is 1.21 bits per heavy atom.